The van der Waals surface area contributed by atoms with Crippen molar-refractivity contribution in [3.63, 3.8) is 0 Å². The van der Waals surface area contributed by atoms with Gasteiger partial charge in [0.2, 0.25) is 0 Å². The summed E-state index contributed by atoms with van der Waals surface area (Å²) in [6.45, 7) is 6.99. The van der Waals surface area contributed by atoms with Gasteiger partial charge in [0.25, 0.3) is 0 Å². The van der Waals surface area contributed by atoms with Crippen molar-refractivity contribution >= 4 is 16.1 Å². The fourth-order valence-corrected chi connectivity index (χ4v) is 11.5. The topological polar surface area (TPSA) is 27.7 Å². The Kier molecular flexibility index (Phi) is 14.1. The second-order valence-corrected chi connectivity index (χ2v) is 15.1. The standard InChI is InChI=1S/C18H43O3PSi/c1-7-10-14-22(15-11-8-2,16-12-9-3)17-13-18-23(19-4,20-5)21-6/h22H,7-18H2,1-6H3. The number of rotatable bonds is 16. The molecule has 0 bridgehead atoms. The van der Waals surface area contributed by atoms with Crippen molar-refractivity contribution in [1.29, 1.82) is 0 Å². The van der Waals surface area contributed by atoms with Crippen LogP contribution in [0, 0.1) is 0 Å². The molecule has 0 aliphatic heterocycles. The summed E-state index contributed by atoms with van der Waals surface area (Å²) in [5, 5.41) is 0. The summed E-state index contributed by atoms with van der Waals surface area (Å²) < 4.78 is 16.8. The van der Waals surface area contributed by atoms with Gasteiger partial charge in [-0.15, -0.1) is 0 Å². The molecule has 0 radical (unpaired) electrons. The molecule has 0 aliphatic rings. The average molecular weight is 367 g/mol. The fraction of sp³-hybridized carbons (Fsp3) is 1.00. The van der Waals surface area contributed by atoms with E-state index in [9.17, 15) is 0 Å². The molecule has 0 spiro atoms. The zero-order valence-electron chi connectivity index (χ0n) is 16.7. The van der Waals surface area contributed by atoms with Crippen molar-refractivity contribution in [2.24, 2.45) is 0 Å². The third-order valence-electron chi connectivity index (χ3n) is 5.31. The molecular formula is C18H43O3PSi. The van der Waals surface area contributed by atoms with Gasteiger partial charge in [-0.25, -0.2) is 0 Å². The van der Waals surface area contributed by atoms with E-state index in [0.717, 1.165) is 6.04 Å². The second-order valence-electron chi connectivity index (χ2n) is 6.96. The Labute approximate surface area is 147 Å². The Bertz CT molecular complexity index is 243. The molecule has 0 aromatic rings. The molecule has 0 aromatic carbocycles. The van der Waals surface area contributed by atoms with Crippen LogP contribution in [0.5, 0.6) is 0 Å². The van der Waals surface area contributed by atoms with Crippen LogP contribution in [-0.4, -0.2) is 54.8 Å². The van der Waals surface area contributed by atoms with Crippen molar-refractivity contribution in [3.8, 4) is 0 Å². The average Bonchev–Trinajstić information content (AvgIpc) is 2.60. The fourth-order valence-electron chi connectivity index (χ4n) is 3.64. The molecule has 0 rings (SSSR count). The van der Waals surface area contributed by atoms with Crippen LogP contribution in [0.3, 0.4) is 0 Å². The second kappa shape index (κ2) is 13.8. The van der Waals surface area contributed by atoms with Crippen LogP contribution in [0.15, 0.2) is 0 Å². The summed E-state index contributed by atoms with van der Waals surface area (Å²) in [6.07, 6.45) is 15.5. The molecule has 0 amide bonds. The van der Waals surface area contributed by atoms with E-state index in [-0.39, 0.29) is 0 Å². The maximum absolute atomic E-state index is 5.60. The van der Waals surface area contributed by atoms with E-state index in [2.05, 4.69) is 20.8 Å². The summed E-state index contributed by atoms with van der Waals surface area (Å²) in [7, 11) is 1.66. The summed E-state index contributed by atoms with van der Waals surface area (Å²) in [5.74, 6) is 0. The normalized spacial score (nSPS) is 13.5. The predicted octanol–water partition coefficient (Wildman–Crippen LogP) is 5.40. The van der Waals surface area contributed by atoms with Gasteiger partial charge in [-0.05, 0) is 0 Å². The first kappa shape index (κ1) is 23.5. The van der Waals surface area contributed by atoms with E-state index in [4.69, 9.17) is 13.3 Å². The van der Waals surface area contributed by atoms with Gasteiger partial charge in [0.05, 0.1) is 0 Å². The summed E-state index contributed by atoms with van der Waals surface area (Å²) in [4.78, 5) is 0. The van der Waals surface area contributed by atoms with E-state index in [1.54, 1.807) is 21.3 Å². The Morgan fingerprint density at radius 3 is 1.26 bits per heavy atom. The molecule has 0 heterocycles. The van der Waals surface area contributed by atoms with Gasteiger partial charge in [0, 0.05) is 0 Å². The molecule has 0 aliphatic carbocycles. The van der Waals surface area contributed by atoms with Crippen molar-refractivity contribution in [2.45, 2.75) is 71.8 Å². The van der Waals surface area contributed by atoms with Crippen LogP contribution in [-0.2, 0) is 13.3 Å². The van der Waals surface area contributed by atoms with Gasteiger partial charge in [-0.1, -0.05) is 0 Å². The van der Waals surface area contributed by atoms with Crippen LogP contribution in [0.2, 0.25) is 6.04 Å². The van der Waals surface area contributed by atoms with Gasteiger partial charge in [0.15, 0.2) is 0 Å². The first-order chi connectivity index (χ1) is 11.1. The number of unbranched alkanes of at least 4 members (excludes halogenated alkanes) is 3. The predicted molar refractivity (Wildman–Crippen MR) is 109 cm³/mol. The molecule has 0 saturated heterocycles. The summed E-state index contributed by atoms with van der Waals surface area (Å²) >= 11 is 0. The molecule has 23 heavy (non-hydrogen) atoms. The Balaban J connectivity index is 4.80. The van der Waals surface area contributed by atoms with Crippen LogP contribution >= 0.6 is 7.26 Å². The SMILES string of the molecule is CCCC[PH](CCCC)(CCCC)CCC[Si](OC)(OC)OC. The first-order valence-corrected chi connectivity index (χ1v) is 14.5. The minimum absolute atomic E-state index is 0.968. The van der Waals surface area contributed by atoms with E-state index in [0.29, 0.717) is 0 Å². The van der Waals surface area contributed by atoms with Crippen LogP contribution in [0.25, 0.3) is 0 Å². The van der Waals surface area contributed by atoms with Crippen molar-refractivity contribution in [2.75, 3.05) is 46.0 Å². The van der Waals surface area contributed by atoms with E-state index in [1.165, 1.54) is 69.6 Å². The van der Waals surface area contributed by atoms with Gasteiger partial charge in [0.1, 0.15) is 0 Å². The molecular weight excluding hydrogens is 323 g/mol. The molecule has 0 N–H and O–H groups in total. The first-order valence-electron chi connectivity index (χ1n) is 9.73. The molecule has 0 aromatic heterocycles. The quantitative estimate of drug-likeness (QED) is 0.270. The Hall–Kier alpha value is 0.527. The summed E-state index contributed by atoms with van der Waals surface area (Å²) in [5.41, 5.74) is 0. The van der Waals surface area contributed by atoms with Crippen LogP contribution in [0.4, 0.5) is 0 Å². The zero-order chi connectivity index (χ0) is 17.6. The Morgan fingerprint density at radius 1 is 0.609 bits per heavy atom. The van der Waals surface area contributed by atoms with E-state index in [1.807, 2.05) is 0 Å². The molecule has 3 nitrogen and oxygen atoms in total. The minimum atomic E-state index is -2.39. The zero-order valence-corrected chi connectivity index (χ0v) is 18.7. The molecule has 0 unspecified atom stereocenters. The molecule has 5 heteroatoms. The van der Waals surface area contributed by atoms with Crippen molar-refractivity contribution < 1.29 is 13.3 Å². The van der Waals surface area contributed by atoms with Crippen LogP contribution < -0.4 is 0 Å². The van der Waals surface area contributed by atoms with Crippen molar-refractivity contribution in [3.05, 3.63) is 0 Å². The third kappa shape index (κ3) is 8.97. The molecule has 0 fully saturated rings. The number of hydrogen-bond acceptors (Lipinski definition) is 3. The molecule has 0 saturated carbocycles. The van der Waals surface area contributed by atoms with Crippen molar-refractivity contribution in [1.82, 2.24) is 0 Å². The third-order valence-corrected chi connectivity index (χ3v) is 13.8. The van der Waals surface area contributed by atoms with Gasteiger partial charge < -0.3 is 0 Å². The maximum atomic E-state index is 5.60. The van der Waals surface area contributed by atoms with Gasteiger partial charge >= 0.3 is 147 Å². The Morgan fingerprint density at radius 2 is 0.957 bits per heavy atom. The van der Waals surface area contributed by atoms with E-state index >= 15 is 0 Å². The molecule has 142 valence electrons. The molecule has 0 atom stereocenters. The van der Waals surface area contributed by atoms with E-state index < -0.39 is 16.1 Å². The van der Waals surface area contributed by atoms with Gasteiger partial charge in [-0.2, -0.15) is 0 Å². The number of hydrogen-bond donors (Lipinski definition) is 0. The van der Waals surface area contributed by atoms with Gasteiger partial charge in [-0.3, -0.25) is 0 Å². The monoisotopic (exact) mass is 366 g/mol. The van der Waals surface area contributed by atoms with Crippen LogP contribution in [0.1, 0.15) is 65.7 Å². The summed E-state index contributed by atoms with van der Waals surface area (Å²) in [6, 6.07) is 0.968.